The van der Waals surface area contributed by atoms with Crippen LogP contribution in [0.3, 0.4) is 0 Å². The summed E-state index contributed by atoms with van der Waals surface area (Å²) in [5, 5.41) is 0. The van der Waals surface area contributed by atoms with Gasteiger partial charge in [-0.2, -0.15) is 0 Å². The van der Waals surface area contributed by atoms with E-state index < -0.39 is 11.9 Å². The molecule has 12 heteroatoms. The molecule has 0 amide bonds. The van der Waals surface area contributed by atoms with Crippen LogP contribution in [0.15, 0.2) is 18.7 Å². The third-order valence-corrected chi connectivity index (χ3v) is 5.84. The van der Waals surface area contributed by atoms with E-state index in [-0.39, 0.29) is 33.8 Å². The second kappa shape index (κ2) is 21.0. The summed E-state index contributed by atoms with van der Waals surface area (Å²) in [7, 11) is 6.09. The minimum Gasteiger partial charge on any atom is -0.467 e. The SMILES string of the molecule is C=Cc1c(OCOC)cc(C)c(C(=O)OCC)c1OCOC.CCOC(=O)c1c(C)cc(OCOC)c(CC)c1OCOC. The quantitative estimate of drug-likeness (QED) is 0.154. The summed E-state index contributed by atoms with van der Waals surface area (Å²) in [6.07, 6.45) is 2.18. The second-order valence-electron chi connectivity index (χ2n) is 8.89. The van der Waals surface area contributed by atoms with E-state index in [1.165, 1.54) is 21.3 Å². The van der Waals surface area contributed by atoms with Crippen molar-refractivity contribution in [2.75, 3.05) is 68.8 Å². The number of carbonyl (C=O) groups excluding carboxylic acids is 2. The number of esters is 2. The fourth-order valence-corrected chi connectivity index (χ4v) is 4.05. The first-order valence-electron chi connectivity index (χ1n) is 14.0. The molecule has 2 rings (SSSR count). The third kappa shape index (κ3) is 10.7. The monoisotopic (exact) mass is 622 g/mol. The van der Waals surface area contributed by atoms with Gasteiger partial charge in [-0.1, -0.05) is 19.6 Å². The van der Waals surface area contributed by atoms with Crippen molar-refractivity contribution in [2.24, 2.45) is 0 Å². The molecule has 0 aliphatic carbocycles. The zero-order valence-electron chi connectivity index (χ0n) is 27.3. The maximum absolute atomic E-state index is 12.2. The van der Waals surface area contributed by atoms with Crippen LogP contribution in [0.25, 0.3) is 6.08 Å². The fraction of sp³-hybridized carbons (Fsp3) is 0.500. The Hall–Kier alpha value is -3.84. The maximum atomic E-state index is 12.2. The molecule has 0 aliphatic heterocycles. The molecule has 0 aliphatic rings. The summed E-state index contributed by atoms with van der Waals surface area (Å²) in [4.78, 5) is 24.4. The normalized spacial score (nSPS) is 10.3. The standard InChI is InChI=1S/C16H24O6.C16H22O6/c2*1-6-12-13(21-9-18-4)8-11(3)14(16(17)20-7-2)15(12)22-10-19-5/h8H,6-7,9-10H2,1-5H3;6,8H,1,7,9-10H2,2-5H3. The van der Waals surface area contributed by atoms with E-state index in [0.29, 0.717) is 63.8 Å². The molecular formula is C32H46O12. The molecule has 246 valence electrons. The average Bonchev–Trinajstić information content (AvgIpc) is 3.00. The molecule has 0 unspecified atom stereocenters. The first-order chi connectivity index (χ1) is 21.2. The maximum Gasteiger partial charge on any atom is 0.342 e. The molecule has 0 heterocycles. The molecule has 0 saturated carbocycles. The first-order valence-corrected chi connectivity index (χ1v) is 14.0. The van der Waals surface area contributed by atoms with Gasteiger partial charge in [-0.15, -0.1) is 0 Å². The summed E-state index contributed by atoms with van der Waals surface area (Å²) >= 11 is 0. The summed E-state index contributed by atoms with van der Waals surface area (Å²) < 4.78 is 52.2. The predicted octanol–water partition coefficient (Wildman–Crippen LogP) is 5.48. The van der Waals surface area contributed by atoms with Crippen LogP contribution in [0.2, 0.25) is 0 Å². The molecule has 0 fully saturated rings. The minimum atomic E-state index is -0.465. The Kier molecular flexibility index (Phi) is 18.2. The molecule has 0 saturated heterocycles. The van der Waals surface area contributed by atoms with Gasteiger partial charge in [0.15, 0.2) is 27.2 Å². The Morgan fingerprint density at radius 2 is 1.07 bits per heavy atom. The topological polar surface area (TPSA) is 126 Å². The van der Waals surface area contributed by atoms with E-state index in [9.17, 15) is 9.59 Å². The van der Waals surface area contributed by atoms with Crippen LogP contribution in [0, 0.1) is 13.8 Å². The number of carbonyl (C=O) groups is 2. The van der Waals surface area contributed by atoms with Gasteiger partial charge in [0.2, 0.25) is 0 Å². The number of hydrogen-bond acceptors (Lipinski definition) is 12. The molecular weight excluding hydrogens is 576 g/mol. The van der Waals surface area contributed by atoms with E-state index >= 15 is 0 Å². The molecule has 0 bridgehead atoms. The van der Waals surface area contributed by atoms with Crippen LogP contribution >= 0.6 is 0 Å². The predicted molar refractivity (Wildman–Crippen MR) is 164 cm³/mol. The van der Waals surface area contributed by atoms with Gasteiger partial charge < -0.3 is 47.4 Å². The van der Waals surface area contributed by atoms with Crippen LogP contribution < -0.4 is 18.9 Å². The van der Waals surface area contributed by atoms with Crippen molar-refractivity contribution in [1.82, 2.24) is 0 Å². The molecule has 0 atom stereocenters. The number of aryl methyl sites for hydroxylation is 2. The fourth-order valence-electron chi connectivity index (χ4n) is 4.05. The molecule has 0 radical (unpaired) electrons. The number of hydrogen-bond donors (Lipinski definition) is 0. The number of benzene rings is 2. The van der Waals surface area contributed by atoms with Gasteiger partial charge in [-0.3, -0.25) is 0 Å². The van der Waals surface area contributed by atoms with Crippen molar-refractivity contribution >= 4 is 18.0 Å². The lowest BCUT2D eigenvalue weighted by atomic mass is 10.00. The number of rotatable bonds is 18. The van der Waals surface area contributed by atoms with E-state index in [1.54, 1.807) is 46.1 Å². The molecule has 0 aromatic heterocycles. The van der Waals surface area contributed by atoms with Crippen LogP contribution in [-0.4, -0.2) is 80.8 Å². The van der Waals surface area contributed by atoms with Gasteiger partial charge in [0, 0.05) is 34.0 Å². The highest BCUT2D eigenvalue weighted by Crippen LogP contribution is 2.38. The van der Waals surface area contributed by atoms with Crippen molar-refractivity contribution in [3.63, 3.8) is 0 Å². The van der Waals surface area contributed by atoms with E-state index in [2.05, 4.69) is 6.58 Å². The van der Waals surface area contributed by atoms with Crippen LogP contribution in [0.5, 0.6) is 23.0 Å². The van der Waals surface area contributed by atoms with E-state index in [0.717, 1.165) is 5.56 Å². The van der Waals surface area contributed by atoms with E-state index in [4.69, 9.17) is 47.4 Å². The van der Waals surface area contributed by atoms with Crippen LogP contribution in [0.4, 0.5) is 0 Å². The number of ether oxygens (including phenoxy) is 10. The lowest BCUT2D eigenvalue weighted by Gasteiger charge is -2.19. The van der Waals surface area contributed by atoms with Crippen molar-refractivity contribution in [3.8, 4) is 23.0 Å². The van der Waals surface area contributed by atoms with Crippen molar-refractivity contribution in [1.29, 1.82) is 0 Å². The Balaban J connectivity index is 0.000000440. The molecule has 2 aromatic rings. The summed E-state index contributed by atoms with van der Waals surface area (Å²) in [5.74, 6) is 1.01. The summed E-state index contributed by atoms with van der Waals surface area (Å²) in [5.41, 5.74) is 3.44. The Bertz CT molecular complexity index is 1210. The molecule has 2 aromatic carbocycles. The summed E-state index contributed by atoms with van der Waals surface area (Å²) in [6.45, 7) is 13.6. The van der Waals surface area contributed by atoms with Crippen molar-refractivity contribution < 1.29 is 57.0 Å². The Labute approximate surface area is 260 Å². The highest BCUT2D eigenvalue weighted by molar-refractivity contribution is 5.96. The second-order valence-corrected chi connectivity index (χ2v) is 8.89. The highest BCUT2D eigenvalue weighted by Gasteiger charge is 2.25. The van der Waals surface area contributed by atoms with Crippen LogP contribution in [-0.2, 0) is 34.8 Å². The molecule has 0 N–H and O–H groups in total. The third-order valence-electron chi connectivity index (χ3n) is 5.84. The van der Waals surface area contributed by atoms with Gasteiger partial charge in [0.25, 0.3) is 0 Å². The molecule has 0 spiro atoms. The molecule has 44 heavy (non-hydrogen) atoms. The Morgan fingerprint density at radius 1 is 0.659 bits per heavy atom. The minimum absolute atomic E-state index is 0.0135. The van der Waals surface area contributed by atoms with E-state index in [1.807, 2.05) is 13.8 Å². The van der Waals surface area contributed by atoms with Crippen molar-refractivity contribution in [2.45, 2.75) is 41.0 Å². The highest BCUT2D eigenvalue weighted by atomic mass is 16.7. The average molecular weight is 623 g/mol. The molecule has 12 nitrogen and oxygen atoms in total. The number of methoxy groups -OCH3 is 4. The first kappa shape index (κ1) is 38.2. The largest absolute Gasteiger partial charge is 0.467 e. The van der Waals surface area contributed by atoms with Gasteiger partial charge >= 0.3 is 11.9 Å². The summed E-state index contributed by atoms with van der Waals surface area (Å²) in [6, 6.07) is 3.52. The van der Waals surface area contributed by atoms with Crippen molar-refractivity contribution in [3.05, 3.63) is 52.1 Å². The van der Waals surface area contributed by atoms with Crippen LogP contribution in [0.1, 0.15) is 63.7 Å². The zero-order chi connectivity index (χ0) is 33.1. The smallest absolute Gasteiger partial charge is 0.342 e. The van der Waals surface area contributed by atoms with Gasteiger partial charge in [0.05, 0.1) is 18.8 Å². The van der Waals surface area contributed by atoms with Gasteiger partial charge in [-0.25, -0.2) is 9.59 Å². The Morgan fingerprint density at radius 3 is 1.50 bits per heavy atom. The lowest BCUT2D eigenvalue weighted by molar-refractivity contribution is 0.0399. The van der Waals surface area contributed by atoms with Gasteiger partial charge in [-0.05, 0) is 57.4 Å². The lowest BCUT2D eigenvalue weighted by Crippen LogP contribution is -2.14. The zero-order valence-corrected chi connectivity index (χ0v) is 27.3. The van der Waals surface area contributed by atoms with Gasteiger partial charge in [0.1, 0.15) is 34.1 Å².